The molecule has 1 aliphatic heterocycles. The molecule has 2 unspecified atom stereocenters. The second-order valence-corrected chi connectivity index (χ2v) is 5.28. The van der Waals surface area contributed by atoms with Gasteiger partial charge in [0.15, 0.2) is 5.82 Å². The van der Waals surface area contributed by atoms with Gasteiger partial charge in [-0.1, -0.05) is 12.1 Å². The van der Waals surface area contributed by atoms with Crippen LogP contribution in [0.15, 0.2) is 18.2 Å². The van der Waals surface area contributed by atoms with E-state index in [0.717, 1.165) is 12.8 Å². The molecule has 1 aromatic carbocycles. The van der Waals surface area contributed by atoms with Crippen LogP contribution in [0.1, 0.15) is 25.3 Å². The maximum Gasteiger partial charge on any atom is 0.221 e. The monoisotopic (exact) mass is 265 g/mol. The number of rotatable bonds is 3. The normalized spacial score (nSPS) is 24.3. The van der Waals surface area contributed by atoms with E-state index < -0.39 is 0 Å². The van der Waals surface area contributed by atoms with E-state index in [1.165, 1.54) is 0 Å². The molecule has 19 heavy (non-hydrogen) atoms. The Bertz CT molecular complexity index is 478. The molecule has 5 heteroatoms. The molecule has 0 spiro atoms. The van der Waals surface area contributed by atoms with E-state index in [9.17, 15) is 9.18 Å². The summed E-state index contributed by atoms with van der Waals surface area (Å²) in [4.78, 5) is 13.4. The van der Waals surface area contributed by atoms with Crippen LogP contribution < -0.4 is 11.5 Å². The van der Waals surface area contributed by atoms with Crippen molar-refractivity contribution < 1.29 is 9.18 Å². The average molecular weight is 265 g/mol. The van der Waals surface area contributed by atoms with Crippen LogP contribution in [-0.4, -0.2) is 23.4 Å². The van der Waals surface area contributed by atoms with Crippen LogP contribution in [-0.2, 0) is 11.3 Å². The molecule has 0 aliphatic carbocycles. The molecule has 1 amide bonds. The summed E-state index contributed by atoms with van der Waals surface area (Å²) in [6, 6.07) is 5.33. The molecule has 0 saturated carbocycles. The Morgan fingerprint density at radius 1 is 1.47 bits per heavy atom. The molecule has 104 valence electrons. The lowest BCUT2D eigenvalue weighted by molar-refractivity contribution is -0.124. The average Bonchev–Trinajstić information content (AvgIpc) is 2.37. The topological polar surface area (TPSA) is 72.4 Å². The van der Waals surface area contributed by atoms with Gasteiger partial charge in [-0.15, -0.1) is 0 Å². The summed E-state index contributed by atoms with van der Waals surface area (Å²) in [5, 5.41) is 0. The molecule has 4 N–H and O–H groups in total. The van der Waals surface area contributed by atoms with Gasteiger partial charge < -0.3 is 11.5 Å². The second-order valence-electron chi connectivity index (χ2n) is 5.28. The van der Waals surface area contributed by atoms with Crippen molar-refractivity contribution in [3.05, 3.63) is 29.6 Å². The fraction of sp³-hybridized carbons (Fsp3) is 0.500. The van der Waals surface area contributed by atoms with E-state index >= 15 is 0 Å². The van der Waals surface area contributed by atoms with Gasteiger partial charge in [-0.3, -0.25) is 9.69 Å². The predicted octanol–water partition coefficient (Wildman–Crippen LogP) is 1.49. The van der Waals surface area contributed by atoms with E-state index in [0.29, 0.717) is 24.7 Å². The Kier molecular flexibility index (Phi) is 4.04. The summed E-state index contributed by atoms with van der Waals surface area (Å²) >= 11 is 0. The van der Waals surface area contributed by atoms with Gasteiger partial charge in [0.2, 0.25) is 5.91 Å². The van der Waals surface area contributed by atoms with E-state index in [1.54, 1.807) is 18.2 Å². The van der Waals surface area contributed by atoms with Crippen molar-refractivity contribution in [1.82, 2.24) is 4.90 Å². The van der Waals surface area contributed by atoms with Crippen molar-refractivity contribution in [2.24, 2.45) is 11.7 Å². The minimum atomic E-state index is -0.365. The lowest BCUT2D eigenvalue weighted by Crippen LogP contribution is -2.45. The van der Waals surface area contributed by atoms with Crippen LogP contribution in [0, 0.1) is 11.7 Å². The van der Waals surface area contributed by atoms with Gasteiger partial charge in [0.25, 0.3) is 0 Å². The Balaban J connectivity index is 2.12. The summed E-state index contributed by atoms with van der Waals surface area (Å²) < 4.78 is 13.9. The molecule has 4 nitrogen and oxygen atoms in total. The fourth-order valence-corrected chi connectivity index (χ4v) is 2.57. The van der Waals surface area contributed by atoms with E-state index in [-0.39, 0.29) is 23.3 Å². The molecular weight excluding hydrogens is 245 g/mol. The minimum Gasteiger partial charge on any atom is -0.396 e. The molecule has 1 aliphatic rings. The summed E-state index contributed by atoms with van der Waals surface area (Å²) in [5.41, 5.74) is 11.7. The molecule has 0 aromatic heterocycles. The first-order valence-corrected chi connectivity index (χ1v) is 6.55. The number of benzene rings is 1. The van der Waals surface area contributed by atoms with Gasteiger partial charge in [0.1, 0.15) is 0 Å². The van der Waals surface area contributed by atoms with Crippen LogP contribution in [0.2, 0.25) is 0 Å². The zero-order valence-electron chi connectivity index (χ0n) is 11.1. The highest BCUT2D eigenvalue weighted by atomic mass is 19.1. The molecule has 1 saturated heterocycles. The molecule has 2 atom stereocenters. The largest absolute Gasteiger partial charge is 0.396 e. The van der Waals surface area contributed by atoms with Crippen molar-refractivity contribution >= 4 is 11.6 Å². The van der Waals surface area contributed by atoms with Crippen molar-refractivity contribution in [2.45, 2.75) is 32.4 Å². The van der Waals surface area contributed by atoms with Crippen LogP contribution in [0.4, 0.5) is 10.1 Å². The quantitative estimate of drug-likeness (QED) is 0.813. The first-order chi connectivity index (χ1) is 8.99. The lowest BCUT2D eigenvalue weighted by Gasteiger charge is -2.36. The third-order valence-electron chi connectivity index (χ3n) is 3.90. The molecule has 1 fully saturated rings. The maximum absolute atomic E-state index is 13.9. The highest BCUT2D eigenvalue weighted by Crippen LogP contribution is 2.25. The van der Waals surface area contributed by atoms with Gasteiger partial charge >= 0.3 is 0 Å². The molecule has 1 heterocycles. The minimum absolute atomic E-state index is 0.139. The third-order valence-corrected chi connectivity index (χ3v) is 3.90. The van der Waals surface area contributed by atoms with E-state index in [2.05, 4.69) is 11.8 Å². The van der Waals surface area contributed by atoms with Crippen molar-refractivity contribution in [2.75, 3.05) is 12.3 Å². The standard InChI is InChI=1S/C14H20FN3O/c1-9-5-6-11(14(17)19)8-18(9)7-10-3-2-4-12(16)13(10)15/h2-4,9,11H,5-8,16H2,1H3,(H2,17,19). The molecule has 1 aromatic rings. The lowest BCUT2D eigenvalue weighted by atomic mass is 9.92. The van der Waals surface area contributed by atoms with Gasteiger partial charge in [-0.25, -0.2) is 4.39 Å². The highest BCUT2D eigenvalue weighted by molar-refractivity contribution is 5.77. The molecular formula is C14H20FN3O. The number of hydrogen-bond acceptors (Lipinski definition) is 3. The number of halogens is 1. The first kappa shape index (κ1) is 13.8. The molecule has 0 bridgehead atoms. The van der Waals surface area contributed by atoms with Crippen molar-refractivity contribution in [1.29, 1.82) is 0 Å². The van der Waals surface area contributed by atoms with Crippen LogP contribution in [0.5, 0.6) is 0 Å². The Hall–Kier alpha value is -1.62. The number of nitrogens with zero attached hydrogens (tertiary/aromatic N) is 1. The maximum atomic E-state index is 13.9. The number of nitrogens with two attached hydrogens (primary N) is 2. The van der Waals surface area contributed by atoms with Gasteiger partial charge in [0, 0.05) is 24.7 Å². The predicted molar refractivity (Wildman–Crippen MR) is 72.6 cm³/mol. The van der Waals surface area contributed by atoms with Crippen LogP contribution >= 0.6 is 0 Å². The van der Waals surface area contributed by atoms with Crippen LogP contribution in [0.3, 0.4) is 0 Å². The van der Waals surface area contributed by atoms with E-state index in [1.807, 2.05) is 0 Å². The number of nitrogen functional groups attached to an aromatic ring is 1. The summed E-state index contributed by atoms with van der Waals surface area (Å²) in [5.74, 6) is -0.777. The second kappa shape index (κ2) is 5.57. The first-order valence-electron chi connectivity index (χ1n) is 6.55. The third kappa shape index (κ3) is 3.04. The number of primary amides is 1. The van der Waals surface area contributed by atoms with Gasteiger partial charge in [-0.2, -0.15) is 0 Å². The Morgan fingerprint density at radius 2 is 2.21 bits per heavy atom. The zero-order chi connectivity index (χ0) is 14.0. The SMILES string of the molecule is CC1CCC(C(N)=O)CN1Cc1cccc(N)c1F. The molecule has 2 rings (SSSR count). The summed E-state index contributed by atoms with van der Waals surface area (Å²) in [7, 11) is 0. The Morgan fingerprint density at radius 3 is 2.89 bits per heavy atom. The Labute approximate surface area is 112 Å². The fourth-order valence-electron chi connectivity index (χ4n) is 2.57. The number of carbonyl (C=O) groups is 1. The number of piperidine rings is 1. The smallest absolute Gasteiger partial charge is 0.221 e. The van der Waals surface area contributed by atoms with Gasteiger partial charge in [0.05, 0.1) is 11.6 Å². The van der Waals surface area contributed by atoms with Crippen LogP contribution in [0.25, 0.3) is 0 Å². The number of anilines is 1. The highest BCUT2D eigenvalue weighted by Gasteiger charge is 2.29. The number of amides is 1. The van der Waals surface area contributed by atoms with E-state index in [4.69, 9.17) is 11.5 Å². The molecule has 0 radical (unpaired) electrons. The number of hydrogen-bond donors (Lipinski definition) is 2. The summed E-state index contributed by atoms with van der Waals surface area (Å²) in [6.45, 7) is 3.13. The van der Waals surface area contributed by atoms with Crippen molar-refractivity contribution in [3.8, 4) is 0 Å². The number of carbonyl (C=O) groups excluding carboxylic acids is 1. The summed E-state index contributed by atoms with van der Waals surface area (Å²) in [6.07, 6.45) is 1.71. The van der Waals surface area contributed by atoms with Crippen molar-refractivity contribution in [3.63, 3.8) is 0 Å². The van der Waals surface area contributed by atoms with Gasteiger partial charge in [-0.05, 0) is 25.8 Å². The number of likely N-dealkylation sites (tertiary alicyclic amines) is 1. The zero-order valence-corrected chi connectivity index (χ0v) is 11.1.